The van der Waals surface area contributed by atoms with Crippen LogP contribution in [-0.4, -0.2) is 22.1 Å². The normalized spacial score (nSPS) is 21.7. The lowest BCUT2D eigenvalue weighted by Crippen LogP contribution is -2.36. The number of rotatable bonds is 3. The van der Waals surface area contributed by atoms with Gasteiger partial charge in [-0.2, -0.15) is 0 Å². The summed E-state index contributed by atoms with van der Waals surface area (Å²) >= 11 is 6.11. The second-order valence-corrected chi connectivity index (χ2v) is 5.96. The molecule has 0 spiro atoms. The molecule has 1 aromatic heterocycles. The molecule has 2 heterocycles. The molecule has 0 amide bonds. The number of anilines is 1. The molecule has 5 nitrogen and oxygen atoms in total. The fraction of sp³-hybridized carbons (Fsp3) is 0.333. The molecule has 2 N–H and O–H groups in total. The molecule has 0 bridgehead atoms. The van der Waals surface area contributed by atoms with Crippen molar-refractivity contribution >= 4 is 23.2 Å². The Labute approximate surface area is 128 Å². The fourth-order valence-corrected chi connectivity index (χ4v) is 3.08. The van der Waals surface area contributed by atoms with Crippen LogP contribution in [0.3, 0.4) is 0 Å². The van der Waals surface area contributed by atoms with Crippen molar-refractivity contribution in [1.82, 2.24) is 9.55 Å². The number of aromatic nitrogens is 2. The maximum atomic E-state index is 6.11. The predicted molar refractivity (Wildman–Crippen MR) is 83.7 cm³/mol. The van der Waals surface area contributed by atoms with Crippen LogP contribution in [0.25, 0.3) is 0 Å². The van der Waals surface area contributed by atoms with E-state index < -0.39 is 0 Å². The number of aliphatic imine (C=N–C) groups is 1. The monoisotopic (exact) mass is 301 g/mol. The number of hydrogen-bond donors (Lipinski definition) is 1. The van der Waals surface area contributed by atoms with Gasteiger partial charge in [0, 0.05) is 16.8 Å². The molecular formula is C15H16ClN5. The van der Waals surface area contributed by atoms with E-state index in [2.05, 4.69) is 14.5 Å². The van der Waals surface area contributed by atoms with Crippen molar-refractivity contribution in [3.05, 3.63) is 47.5 Å². The molecule has 6 heteroatoms. The highest BCUT2D eigenvalue weighted by atomic mass is 35.5. The van der Waals surface area contributed by atoms with Gasteiger partial charge in [0.1, 0.15) is 0 Å². The first-order valence-corrected chi connectivity index (χ1v) is 7.48. The van der Waals surface area contributed by atoms with Crippen molar-refractivity contribution in [2.75, 3.05) is 11.4 Å². The minimum absolute atomic E-state index is 0.0894. The Morgan fingerprint density at radius 2 is 2.14 bits per heavy atom. The topological polar surface area (TPSA) is 59.4 Å². The van der Waals surface area contributed by atoms with E-state index in [1.807, 2.05) is 41.7 Å². The van der Waals surface area contributed by atoms with Gasteiger partial charge in [-0.05, 0) is 31.0 Å². The number of imidazole rings is 1. The molecule has 4 rings (SSSR count). The SMILES string of the molecule is NC1=NCC(c2cncn2C2CC2)N1c1cccc(Cl)c1. The summed E-state index contributed by atoms with van der Waals surface area (Å²) in [5, 5.41) is 0.696. The molecule has 0 saturated heterocycles. The lowest BCUT2D eigenvalue weighted by molar-refractivity contribution is 0.632. The Kier molecular flexibility index (Phi) is 2.89. The van der Waals surface area contributed by atoms with Crippen LogP contribution >= 0.6 is 11.6 Å². The Morgan fingerprint density at radius 3 is 2.90 bits per heavy atom. The summed E-state index contributed by atoms with van der Waals surface area (Å²) in [5.74, 6) is 0.533. The average Bonchev–Trinajstić information content (AvgIpc) is 3.07. The van der Waals surface area contributed by atoms with Crippen LogP contribution in [0.2, 0.25) is 5.02 Å². The number of nitrogens with two attached hydrogens (primary N) is 1. The zero-order valence-corrected chi connectivity index (χ0v) is 12.2. The highest BCUT2D eigenvalue weighted by Gasteiger charge is 2.34. The van der Waals surface area contributed by atoms with Gasteiger partial charge in [-0.1, -0.05) is 17.7 Å². The average molecular weight is 302 g/mol. The van der Waals surface area contributed by atoms with E-state index >= 15 is 0 Å². The van der Waals surface area contributed by atoms with Gasteiger partial charge in [0.25, 0.3) is 0 Å². The van der Waals surface area contributed by atoms with E-state index in [0.717, 1.165) is 5.69 Å². The summed E-state index contributed by atoms with van der Waals surface area (Å²) in [6, 6.07) is 8.39. The second kappa shape index (κ2) is 4.77. The van der Waals surface area contributed by atoms with E-state index in [9.17, 15) is 0 Å². The predicted octanol–water partition coefficient (Wildman–Crippen LogP) is 2.75. The van der Waals surface area contributed by atoms with Gasteiger partial charge >= 0.3 is 0 Å². The van der Waals surface area contributed by atoms with Crippen LogP contribution in [0.4, 0.5) is 5.69 Å². The molecule has 1 fully saturated rings. The smallest absolute Gasteiger partial charge is 0.196 e. The fourth-order valence-electron chi connectivity index (χ4n) is 2.89. The maximum absolute atomic E-state index is 6.11. The second-order valence-electron chi connectivity index (χ2n) is 5.52. The zero-order chi connectivity index (χ0) is 14.4. The highest BCUT2D eigenvalue weighted by Crippen LogP contribution is 2.39. The van der Waals surface area contributed by atoms with Gasteiger partial charge in [0.05, 0.1) is 30.8 Å². The van der Waals surface area contributed by atoms with Gasteiger partial charge in [-0.25, -0.2) is 4.98 Å². The maximum Gasteiger partial charge on any atom is 0.196 e. The number of halogens is 1. The molecule has 1 unspecified atom stereocenters. The Hall–Kier alpha value is -2.01. The molecule has 2 aliphatic rings. The van der Waals surface area contributed by atoms with Crippen molar-refractivity contribution in [2.45, 2.75) is 24.9 Å². The third-order valence-corrected chi connectivity index (χ3v) is 4.28. The minimum Gasteiger partial charge on any atom is -0.369 e. The van der Waals surface area contributed by atoms with Gasteiger partial charge in [-0.3, -0.25) is 4.99 Å². The van der Waals surface area contributed by atoms with E-state index in [0.29, 0.717) is 23.6 Å². The Balaban J connectivity index is 1.73. The van der Waals surface area contributed by atoms with Gasteiger partial charge < -0.3 is 15.2 Å². The van der Waals surface area contributed by atoms with Crippen molar-refractivity contribution in [2.24, 2.45) is 10.7 Å². The van der Waals surface area contributed by atoms with Crippen LogP contribution in [0, 0.1) is 0 Å². The van der Waals surface area contributed by atoms with E-state index in [4.69, 9.17) is 17.3 Å². The quantitative estimate of drug-likeness (QED) is 0.948. The summed E-state index contributed by atoms with van der Waals surface area (Å²) < 4.78 is 2.26. The van der Waals surface area contributed by atoms with Crippen molar-refractivity contribution in [3.63, 3.8) is 0 Å². The summed E-state index contributed by atoms with van der Waals surface area (Å²) in [5.41, 5.74) is 8.24. The first-order valence-electron chi connectivity index (χ1n) is 7.10. The zero-order valence-electron chi connectivity index (χ0n) is 11.5. The van der Waals surface area contributed by atoms with Crippen LogP contribution in [0.1, 0.15) is 30.6 Å². The third kappa shape index (κ3) is 2.17. The van der Waals surface area contributed by atoms with Gasteiger partial charge in [0.2, 0.25) is 0 Å². The number of hydrogen-bond acceptors (Lipinski definition) is 4. The van der Waals surface area contributed by atoms with E-state index in [-0.39, 0.29) is 6.04 Å². The molecule has 1 atom stereocenters. The molecule has 21 heavy (non-hydrogen) atoms. The molecular weight excluding hydrogens is 286 g/mol. The van der Waals surface area contributed by atoms with Crippen molar-refractivity contribution in [3.8, 4) is 0 Å². The molecule has 108 valence electrons. The standard InChI is InChI=1S/C15H16ClN5/c16-10-2-1-3-12(6-10)21-14(8-19-15(21)17)13-7-18-9-20(13)11-4-5-11/h1-3,6-7,9,11,14H,4-5,8H2,(H2,17,19). The van der Waals surface area contributed by atoms with Crippen LogP contribution in [-0.2, 0) is 0 Å². The summed E-state index contributed by atoms with van der Waals surface area (Å²) in [6.07, 6.45) is 6.29. The first kappa shape index (κ1) is 12.7. The van der Waals surface area contributed by atoms with E-state index in [1.165, 1.54) is 18.5 Å². The van der Waals surface area contributed by atoms with Gasteiger partial charge in [0.15, 0.2) is 5.96 Å². The molecule has 1 saturated carbocycles. The number of guanidine groups is 1. The number of nitrogens with zero attached hydrogens (tertiary/aromatic N) is 4. The van der Waals surface area contributed by atoms with Crippen LogP contribution in [0.5, 0.6) is 0 Å². The molecule has 1 aliphatic carbocycles. The highest BCUT2D eigenvalue weighted by molar-refractivity contribution is 6.30. The minimum atomic E-state index is 0.0894. The molecule has 2 aromatic rings. The lowest BCUT2D eigenvalue weighted by Gasteiger charge is -2.27. The molecule has 1 aromatic carbocycles. The third-order valence-electron chi connectivity index (χ3n) is 4.05. The van der Waals surface area contributed by atoms with Crippen LogP contribution in [0.15, 0.2) is 41.8 Å². The van der Waals surface area contributed by atoms with Crippen LogP contribution < -0.4 is 10.6 Å². The summed E-state index contributed by atoms with van der Waals surface area (Å²) in [6.45, 7) is 0.650. The summed E-state index contributed by atoms with van der Waals surface area (Å²) in [7, 11) is 0. The molecule has 1 aliphatic heterocycles. The summed E-state index contributed by atoms with van der Waals surface area (Å²) in [4.78, 5) is 10.8. The van der Waals surface area contributed by atoms with Gasteiger partial charge in [-0.15, -0.1) is 0 Å². The molecule has 0 radical (unpaired) electrons. The van der Waals surface area contributed by atoms with E-state index in [1.54, 1.807) is 0 Å². The Bertz CT molecular complexity index is 704. The number of benzene rings is 1. The van der Waals surface area contributed by atoms with Crippen molar-refractivity contribution < 1.29 is 0 Å². The Morgan fingerprint density at radius 1 is 1.29 bits per heavy atom. The largest absolute Gasteiger partial charge is 0.369 e. The first-order chi connectivity index (χ1) is 10.2. The van der Waals surface area contributed by atoms with Crippen molar-refractivity contribution in [1.29, 1.82) is 0 Å². The lowest BCUT2D eigenvalue weighted by atomic mass is 10.1.